The fourth-order valence-electron chi connectivity index (χ4n) is 1.26. The third-order valence-electron chi connectivity index (χ3n) is 2.71. The summed E-state index contributed by atoms with van der Waals surface area (Å²) in [6.07, 6.45) is 0.940. The number of carbonyl (C=O) groups is 1. The maximum atomic E-state index is 10.7. The highest BCUT2D eigenvalue weighted by molar-refractivity contribution is 5.84. The van der Waals surface area contributed by atoms with Crippen LogP contribution >= 0.6 is 0 Å². The lowest BCUT2D eigenvalue weighted by molar-refractivity contribution is -0.123. The summed E-state index contributed by atoms with van der Waals surface area (Å²) in [6, 6.07) is 0. The highest BCUT2D eigenvalue weighted by Crippen LogP contribution is 2.62. The van der Waals surface area contributed by atoms with E-state index in [-0.39, 0.29) is 16.7 Å². The van der Waals surface area contributed by atoms with E-state index in [1.54, 1.807) is 0 Å². The smallest absolute Gasteiger partial charge is 0.223 e. The van der Waals surface area contributed by atoms with Crippen molar-refractivity contribution in [1.29, 1.82) is 0 Å². The van der Waals surface area contributed by atoms with Crippen molar-refractivity contribution in [1.82, 2.24) is 0 Å². The Morgan fingerprint density at radius 1 is 1.44 bits per heavy atom. The first-order chi connectivity index (χ1) is 3.90. The molecule has 1 aliphatic rings. The number of nitrogens with two attached hydrogens (primary N) is 1. The van der Waals surface area contributed by atoms with Gasteiger partial charge in [-0.3, -0.25) is 4.79 Å². The van der Waals surface area contributed by atoms with Gasteiger partial charge in [0.15, 0.2) is 0 Å². The maximum absolute atomic E-state index is 10.7. The molecule has 0 spiro atoms. The Morgan fingerprint density at radius 3 is 1.78 bits per heavy atom. The molecule has 9 heavy (non-hydrogen) atoms. The highest BCUT2D eigenvalue weighted by Gasteiger charge is 2.61. The molecule has 2 nitrogen and oxygen atoms in total. The molecule has 0 aromatic heterocycles. The summed E-state index contributed by atoms with van der Waals surface area (Å²) in [5, 5.41) is 0. The number of rotatable bonds is 1. The number of carbonyl (C=O) groups excluding carboxylic acids is 1. The van der Waals surface area contributed by atoms with Crippen molar-refractivity contribution in [3.8, 4) is 0 Å². The Hall–Kier alpha value is -0.530. The summed E-state index contributed by atoms with van der Waals surface area (Å²) in [5.74, 6) is -0.160. The average Bonchev–Trinajstić information content (AvgIpc) is 2.08. The minimum absolute atomic E-state index is 0.152. The van der Waals surface area contributed by atoms with Gasteiger partial charge < -0.3 is 5.73 Å². The van der Waals surface area contributed by atoms with E-state index in [1.807, 2.05) is 6.92 Å². The standard InChI is InChI=1S/C7H13NO/c1-6(2)4-7(6,3)5(8)9/h4H2,1-3H3,(H2,8,9)/t7-/m0/s1. The van der Waals surface area contributed by atoms with Crippen LogP contribution in [0.4, 0.5) is 0 Å². The molecule has 0 bridgehead atoms. The van der Waals surface area contributed by atoms with Crippen molar-refractivity contribution < 1.29 is 4.79 Å². The SMILES string of the molecule is CC1(C)C[C@@]1(C)C(N)=O. The predicted octanol–water partition coefficient (Wildman–Crippen LogP) is 0.908. The van der Waals surface area contributed by atoms with Crippen LogP contribution in [0.2, 0.25) is 0 Å². The van der Waals surface area contributed by atoms with Gasteiger partial charge in [-0.25, -0.2) is 0 Å². The number of hydrogen-bond donors (Lipinski definition) is 1. The van der Waals surface area contributed by atoms with Crippen molar-refractivity contribution in [3.05, 3.63) is 0 Å². The van der Waals surface area contributed by atoms with E-state index >= 15 is 0 Å². The van der Waals surface area contributed by atoms with E-state index in [2.05, 4.69) is 13.8 Å². The summed E-state index contributed by atoms with van der Waals surface area (Å²) < 4.78 is 0. The molecule has 0 radical (unpaired) electrons. The first-order valence-corrected chi connectivity index (χ1v) is 3.20. The molecule has 1 rings (SSSR count). The first-order valence-electron chi connectivity index (χ1n) is 3.20. The van der Waals surface area contributed by atoms with Gasteiger partial charge in [0.2, 0.25) is 5.91 Å². The molecule has 2 heteroatoms. The van der Waals surface area contributed by atoms with Crippen LogP contribution in [0.5, 0.6) is 0 Å². The van der Waals surface area contributed by atoms with Crippen LogP contribution in [0, 0.1) is 10.8 Å². The lowest BCUT2D eigenvalue weighted by atomic mass is 9.98. The van der Waals surface area contributed by atoms with Crippen molar-refractivity contribution in [2.24, 2.45) is 16.6 Å². The zero-order valence-electron chi connectivity index (χ0n) is 6.19. The number of amides is 1. The Kier molecular flexibility index (Phi) is 0.956. The molecule has 1 amide bonds. The Bertz CT molecular complexity index is 162. The van der Waals surface area contributed by atoms with E-state index in [9.17, 15) is 4.79 Å². The third kappa shape index (κ3) is 0.655. The van der Waals surface area contributed by atoms with Gasteiger partial charge in [-0.2, -0.15) is 0 Å². The minimum atomic E-state index is -0.215. The van der Waals surface area contributed by atoms with Crippen LogP contribution in [0.15, 0.2) is 0 Å². The largest absolute Gasteiger partial charge is 0.369 e. The molecule has 1 fully saturated rings. The minimum Gasteiger partial charge on any atom is -0.369 e. The lowest BCUT2D eigenvalue weighted by Gasteiger charge is -2.08. The summed E-state index contributed by atoms with van der Waals surface area (Å²) in [6.45, 7) is 6.06. The molecule has 0 aliphatic heterocycles. The second-order valence-corrected chi connectivity index (χ2v) is 3.76. The van der Waals surface area contributed by atoms with E-state index in [4.69, 9.17) is 5.73 Å². The summed E-state index contributed by atoms with van der Waals surface area (Å²) in [7, 11) is 0. The second-order valence-electron chi connectivity index (χ2n) is 3.76. The van der Waals surface area contributed by atoms with Crippen molar-refractivity contribution in [2.45, 2.75) is 27.2 Å². The van der Waals surface area contributed by atoms with Gasteiger partial charge in [-0.1, -0.05) is 20.8 Å². The summed E-state index contributed by atoms with van der Waals surface area (Å²) >= 11 is 0. The predicted molar refractivity (Wildman–Crippen MR) is 35.7 cm³/mol. The molecule has 2 N–H and O–H groups in total. The van der Waals surface area contributed by atoms with Crippen LogP contribution in [0.25, 0.3) is 0 Å². The first kappa shape index (κ1) is 6.59. The molecule has 1 atom stereocenters. The van der Waals surface area contributed by atoms with Crippen LogP contribution in [0.3, 0.4) is 0 Å². The van der Waals surface area contributed by atoms with Crippen molar-refractivity contribution in [2.75, 3.05) is 0 Å². The van der Waals surface area contributed by atoms with Gasteiger partial charge in [0, 0.05) is 0 Å². The molecular weight excluding hydrogens is 114 g/mol. The van der Waals surface area contributed by atoms with Gasteiger partial charge in [0.05, 0.1) is 5.41 Å². The molecule has 1 aliphatic carbocycles. The Labute approximate surface area is 55.4 Å². The molecule has 0 heterocycles. The van der Waals surface area contributed by atoms with Crippen molar-refractivity contribution in [3.63, 3.8) is 0 Å². The Balaban J connectivity index is 2.74. The zero-order chi connectivity index (χ0) is 7.28. The molecule has 1 saturated carbocycles. The fourth-order valence-corrected chi connectivity index (χ4v) is 1.26. The van der Waals surface area contributed by atoms with Gasteiger partial charge in [-0.15, -0.1) is 0 Å². The van der Waals surface area contributed by atoms with Gasteiger partial charge in [-0.05, 0) is 11.8 Å². The highest BCUT2D eigenvalue weighted by atomic mass is 16.1. The van der Waals surface area contributed by atoms with Crippen LogP contribution in [-0.2, 0) is 4.79 Å². The van der Waals surface area contributed by atoms with E-state index in [1.165, 1.54) is 0 Å². The third-order valence-corrected chi connectivity index (χ3v) is 2.71. The van der Waals surface area contributed by atoms with Crippen LogP contribution in [0.1, 0.15) is 27.2 Å². The maximum Gasteiger partial charge on any atom is 0.223 e. The zero-order valence-corrected chi connectivity index (χ0v) is 6.19. The van der Waals surface area contributed by atoms with Crippen LogP contribution < -0.4 is 5.73 Å². The van der Waals surface area contributed by atoms with E-state index in [0.717, 1.165) is 6.42 Å². The van der Waals surface area contributed by atoms with Crippen LogP contribution in [-0.4, -0.2) is 5.91 Å². The molecule has 0 aromatic carbocycles. The fraction of sp³-hybridized carbons (Fsp3) is 0.857. The molecule has 0 saturated heterocycles. The van der Waals surface area contributed by atoms with Crippen molar-refractivity contribution >= 4 is 5.91 Å². The average molecular weight is 127 g/mol. The molecule has 52 valence electrons. The normalized spacial score (nSPS) is 38.1. The van der Waals surface area contributed by atoms with E-state index < -0.39 is 0 Å². The summed E-state index contributed by atoms with van der Waals surface area (Å²) in [5.41, 5.74) is 5.11. The topological polar surface area (TPSA) is 43.1 Å². The lowest BCUT2D eigenvalue weighted by Crippen LogP contribution is -2.25. The quantitative estimate of drug-likeness (QED) is 0.559. The molecular formula is C7H13NO. The second kappa shape index (κ2) is 1.31. The van der Waals surface area contributed by atoms with Gasteiger partial charge >= 0.3 is 0 Å². The van der Waals surface area contributed by atoms with Gasteiger partial charge in [0.25, 0.3) is 0 Å². The number of hydrogen-bond acceptors (Lipinski definition) is 1. The number of primary amides is 1. The monoisotopic (exact) mass is 127 g/mol. The molecule has 0 unspecified atom stereocenters. The summed E-state index contributed by atoms with van der Waals surface area (Å²) in [4.78, 5) is 10.7. The molecule has 0 aromatic rings. The Morgan fingerprint density at radius 2 is 1.78 bits per heavy atom. The van der Waals surface area contributed by atoms with Gasteiger partial charge in [0.1, 0.15) is 0 Å². The van der Waals surface area contributed by atoms with E-state index in [0.29, 0.717) is 0 Å².